The smallest absolute Gasteiger partial charge is 0.0546 e. The molecule has 1 heteroatoms. The fourth-order valence-corrected chi connectivity index (χ4v) is 7.27. The Balaban J connectivity index is 1.25. The average molecular weight is 624 g/mol. The number of hydrogen-bond donors (Lipinski definition) is 0. The maximum absolute atomic E-state index is 2.45. The number of anilines is 3. The van der Waals surface area contributed by atoms with E-state index in [0.717, 1.165) is 17.1 Å². The maximum Gasteiger partial charge on any atom is 0.0546 e. The highest BCUT2D eigenvalue weighted by atomic mass is 15.1. The first-order valence-electron chi connectivity index (χ1n) is 16.9. The molecule has 0 N–H and O–H groups in total. The van der Waals surface area contributed by atoms with Gasteiger partial charge in [0.1, 0.15) is 0 Å². The van der Waals surface area contributed by atoms with Crippen LogP contribution < -0.4 is 4.90 Å². The Morgan fingerprint density at radius 2 is 0.735 bits per heavy atom. The summed E-state index contributed by atoms with van der Waals surface area (Å²) in [5.74, 6) is 0. The molecule has 0 radical (unpaired) electrons. The summed E-state index contributed by atoms with van der Waals surface area (Å²) in [5, 5.41) is 7.51. The number of rotatable bonds is 6. The molecule has 0 aliphatic carbocycles. The van der Waals surface area contributed by atoms with E-state index in [1.807, 2.05) is 0 Å². The van der Waals surface area contributed by atoms with Gasteiger partial charge in [-0.2, -0.15) is 0 Å². The Morgan fingerprint density at radius 1 is 0.265 bits per heavy atom. The quantitative estimate of drug-likeness (QED) is 0.167. The molecule has 0 amide bonds. The van der Waals surface area contributed by atoms with Crippen LogP contribution in [0.25, 0.3) is 65.7 Å². The van der Waals surface area contributed by atoms with Crippen LogP contribution >= 0.6 is 0 Å². The Bertz CT molecular complexity index is 2560. The first-order valence-corrected chi connectivity index (χ1v) is 16.9. The maximum atomic E-state index is 2.45. The largest absolute Gasteiger partial charge is 0.309 e. The molecular weight excluding hydrogens is 591 g/mol. The number of nitrogens with zero attached hydrogens (tertiary/aromatic N) is 1. The molecule has 49 heavy (non-hydrogen) atoms. The summed E-state index contributed by atoms with van der Waals surface area (Å²) >= 11 is 0. The molecule has 9 aromatic carbocycles. The molecule has 9 rings (SSSR count). The lowest BCUT2D eigenvalue weighted by Crippen LogP contribution is -2.12. The highest BCUT2D eigenvalue weighted by Gasteiger charge is 2.21. The van der Waals surface area contributed by atoms with Crippen molar-refractivity contribution in [3.8, 4) is 33.4 Å². The van der Waals surface area contributed by atoms with Gasteiger partial charge >= 0.3 is 0 Å². The standard InChI is InChI=1S/C48H33N/c1-3-12-34(13-4-1)35-22-24-36(25-23-35)37-30-32-42(33-31-37)49(45-20-10-9-18-43(45)38-14-5-2-6-15-38)46-21-11-17-40-28-29-41-27-26-39-16-7-8-19-44(39)47(41)48(40)46/h1-33H. The van der Waals surface area contributed by atoms with E-state index in [4.69, 9.17) is 0 Å². The van der Waals surface area contributed by atoms with E-state index < -0.39 is 0 Å². The van der Waals surface area contributed by atoms with Crippen molar-refractivity contribution in [3.63, 3.8) is 0 Å². The van der Waals surface area contributed by atoms with Gasteiger partial charge in [-0.15, -0.1) is 0 Å². The molecule has 0 spiro atoms. The van der Waals surface area contributed by atoms with Crippen LogP contribution in [0.2, 0.25) is 0 Å². The van der Waals surface area contributed by atoms with Gasteiger partial charge in [0.25, 0.3) is 0 Å². The minimum Gasteiger partial charge on any atom is -0.309 e. The molecule has 0 heterocycles. The van der Waals surface area contributed by atoms with Gasteiger partial charge in [-0.25, -0.2) is 0 Å². The van der Waals surface area contributed by atoms with E-state index in [2.05, 4.69) is 205 Å². The fraction of sp³-hybridized carbons (Fsp3) is 0. The van der Waals surface area contributed by atoms with Crippen molar-refractivity contribution >= 4 is 49.4 Å². The van der Waals surface area contributed by atoms with Crippen LogP contribution in [0.15, 0.2) is 200 Å². The Kier molecular flexibility index (Phi) is 7.22. The molecule has 0 aliphatic rings. The molecule has 9 aromatic rings. The third kappa shape index (κ3) is 5.23. The normalized spacial score (nSPS) is 11.3. The van der Waals surface area contributed by atoms with Gasteiger partial charge in [0.2, 0.25) is 0 Å². The predicted octanol–water partition coefficient (Wildman–Crippen LogP) is 13.6. The van der Waals surface area contributed by atoms with Crippen molar-refractivity contribution in [2.24, 2.45) is 0 Å². The molecule has 0 atom stereocenters. The van der Waals surface area contributed by atoms with Gasteiger partial charge in [0.15, 0.2) is 0 Å². The molecular formula is C48H33N. The zero-order chi connectivity index (χ0) is 32.6. The van der Waals surface area contributed by atoms with Crippen molar-refractivity contribution in [1.82, 2.24) is 0 Å². The number of benzene rings is 9. The predicted molar refractivity (Wildman–Crippen MR) is 210 cm³/mol. The van der Waals surface area contributed by atoms with Crippen molar-refractivity contribution in [2.45, 2.75) is 0 Å². The van der Waals surface area contributed by atoms with Crippen LogP contribution in [-0.4, -0.2) is 0 Å². The highest BCUT2D eigenvalue weighted by Crippen LogP contribution is 2.46. The Morgan fingerprint density at radius 3 is 1.43 bits per heavy atom. The van der Waals surface area contributed by atoms with Crippen molar-refractivity contribution in [3.05, 3.63) is 200 Å². The van der Waals surface area contributed by atoms with Gasteiger partial charge in [0.05, 0.1) is 11.4 Å². The topological polar surface area (TPSA) is 3.24 Å². The zero-order valence-electron chi connectivity index (χ0n) is 27.0. The van der Waals surface area contributed by atoms with E-state index in [-0.39, 0.29) is 0 Å². The van der Waals surface area contributed by atoms with E-state index in [1.54, 1.807) is 0 Å². The van der Waals surface area contributed by atoms with Gasteiger partial charge in [0, 0.05) is 16.6 Å². The van der Waals surface area contributed by atoms with Crippen molar-refractivity contribution in [2.75, 3.05) is 4.90 Å². The summed E-state index contributed by atoms with van der Waals surface area (Å²) in [6.45, 7) is 0. The SMILES string of the molecule is c1ccc(-c2ccc(-c3ccc(N(c4ccccc4-c4ccccc4)c4cccc5ccc6ccc7ccccc7c6c45)cc3)cc2)cc1. The monoisotopic (exact) mass is 623 g/mol. The summed E-state index contributed by atoms with van der Waals surface area (Å²) in [6.07, 6.45) is 0. The van der Waals surface area contributed by atoms with Crippen LogP contribution in [0.4, 0.5) is 17.1 Å². The van der Waals surface area contributed by atoms with Crippen molar-refractivity contribution < 1.29 is 0 Å². The Labute approximate surface area is 287 Å². The van der Waals surface area contributed by atoms with Gasteiger partial charge < -0.3 is 4.90 Å². The summed E-state index contributed by atoms with van der Waals surface area (Å²) in [6, 6.07) is 72.4. The summed E-state index contributed by atoms with van der Waals surface area (Å²) < 4.78 is 0. The fourth-order valence-electron chi connectivity index (χ4n) is 7.27. The molecule has 0 unspecified atom stereocenters. The summed E-state index contributed by atoms with van der Waals surface area (Å²) in [4.78, 5) is 2.45. The molecule has 0 bridgehead atoms. The first kappa shape index (κ1) is 28.8. The molecule has 0 saturated carbocycles. The molecule has 0 aromatic heterocycles. The second-order valence-corrected chi connectivity index (χ2v) is 12.5. The molecule has 1 nitrogen and oxygen atoms in total. The molecule has 230 valence electrons. The zero-order valence-corrected chi connectivity index (χ0v) is 27.0. The highest BCUT2D eigenvalue weighted by molar-refractivity contribution is 6.24. The third-order valence-corrected chi connectivity index (χ3v) is 9.65. The van der Waals surface area contributed by atoms with Crippen LogP contribution in [0.1, 0.15) is 0 Å². The van der Waals surface area contributed by atoms with Crippen molar-refractivity contribution in [1.29, 1.82) is 0 Å². The van der Waals surface area contributed by atoms with E-state index in [0.29, 0.717) is 0 Å². The summed E-state index contributed by atoms with van der Waals surface area (Å²) in [7, 11) is 0. The second kappa shape index (κ2) is 12.3. The third-order valence-electron chi connectivity index (χ3n) is 9.65. The Hall–Kier alpha value is -6.44. The van der Waals surface area contributed by atoms with E-state index in [9.17, 15) is 0 Å². The van der Waals surface area contributed by atoms with Gasteiger partial charge in [-0.05, 0) is 79.0 Å². The minimum absolute atomic E-state index is 1.11. The molecule has 0 aliphatic heterocycles. The van der Waals surface area contributed by atoms with Crippen LogP contribution in [0.3, 0.4) is 0 Å². The lowest BCUT2D eigenvalue weighted by molar-refractivity contribution is 1.30. The van der Waals surface area contributed by atoms with Crippen LogP contribution in [0.5, 0.6) is 0 Å². The van der Waals surface area contributed by atoms with Crippen LogP contribution in [-0.2, 0) is 0 Å². The lowest BCUT2D eigenvalue weighted by atomic mass is 9.94. The number of para-hydroxylation sites is 1. The van der Waals surface area contributed by atoms with E-state index >= 15 is 0 Å². The first-order chi connectivity index (χ1) is 24.3. The minimum atomic E-state index is 1.11. The molecule has 0 saturated heterocycles. The second-order valence-electron chi connectivity index (χ2n) is 12.5. The van der Waals surface area contributed by atoms with E-state index in [1.165, 1.54) is 65.7 Å². The number of fused-ring (bicyclic) bond motifs is 5. The summed E-state index contributed by atoms with van der Waals surface area (Å²) in [5.41, 5.74) is 10.6. The molecule has 0 fully saturated rings. The average Bonchev–Trinajstić information content (AvgIpc) is 3.19. The van der Waals surface area contributed by atoms with Crippen LogP contribution in [0, 0.1) is 0 Å². The lowest BCUT2D eigenvalue weighted by Gasteiger charge is -2.29. The number of hydrogen-bond acceptors (Lipinski definition) is 1. The van der Waals surface area contributed by atoms with Gasteiger partial charge in [-0.3, -0.25) is 0 Å². The van der Waals surface area contributed by atoms with Gasteiger partial charge in [-0.1, -0.05) is 176 Å².